The molecule has 1 atom stereocenters. The molecular weight excluding hydrogens is 384 g/mol. The number of hydrogen-bond donors (Lipinski definition) is 2. The number of benzene rings is 1. The molecule has 6 nitrogen and oxygen atoms in total. The quantitative estimate of drug-likeness (QED) is 0.628. The topological polar surface area (TPSA) is 104 Å². The third-order valence-electron chi connectivity index (χ3n) is 4.00. The van der Waals surface area contributed by atoms with Crippen molar-refractivity contribution in [2.24, 2.45) is 0 Å². The van der Waals surface area contributed by atoms with Gasteiger partial charge in [-0.25, -0.2) is 9.78 Å². The number of hydrogen-bond acceptors (Lipinski definition) is 7. The van der Waals surface area contributed by atoms with Crippen LogP contribution in [-0.4, -0.2) is 26.9 Å². The molecule has 8 heteroatoms. The van der Waals surface area contributed by atoms with Gasteiger partial charge in [-0.3, -0.25) is 10.2 Å². The summed E-state index contributed by atoms with van der Waals surface area (Å²) >= 11 is 2.48. The van der Waals surface area contributed by atoms with Crippen LogP contribution in [0, 0.1) is 5.41 Å². The molecule has 0 amide bonds. The van der Waals surface area contributed by atoms with Crippen LogP contribution in [0.5, 0.6) is 0 Å². The Kier molecular flexibility index (Phi) is 4.51. The minimum atomic E-state index is -0.986. The van der Waals surface area contributed by atoms with Crippen molar-refractivity contribution in [1.82, 2.24) is 4.98 Å². The summed E-state index contributed by atoms with van der Waals surface area (Å²) in [4.78, 5) is 28.2. The maximum absolute atomic E-state index is 12.6. The van der Waals surface area contributed by atoms with Crippen LogP contribution in [0.3, 0.4) is 0 Å². The molecule has 3 aromatic rings. The fourth-order valence-electron chi connectivity index (χ4n) is 2.68. The van der Waals surface area contributed by atoms with Crippen molar-refractivity contribution in [3.63, 3.8) is 0 Å². The predicted molar refractivity (Wildman–Crippen MR) is 104 cm³/mol. The Bertz CT molecular complexity index is 1070. The standard InChI is InChI=1S/C19H12N2O4S2/c20-17-15(18-21-7-8-26-18)16(22)14(27-17)9-12-5-6-13(25-12)10-1-3-11(4-2-10)19(23)24/h1-9,15,20H,(H,23,24). The number of carbonyl (C=O) groups excluding carboxylic acids is 1. The summed E-state index contributed by atoms with van der Waals surface area (Å²) in [6.45, 7) is 0. The number of thioether (sulfide) groups is 1. The molecule has 134 valence electrons. The monoisotopic (exact) mass is 396 g/mol. The lowest BCUT2D eigenvalue weighted by Gasteiger charge is -2.01. The van der Waals surface area contributed by atoms with E-state index in [0.29, 0.717) is 21.4 Å². The SMILES string of the molecule is N=C1SC(=Cc2ccc(-c3ccc(C(=O)O)cc3)o2)C(=O)C1c1nccs1. The van der Waals surface area contributed by atoms with Crippen LogP contribution in [0.25, 0.3) is 17.4 Å². The van der Waals surface area contributed by atoms with E-state index in [4.69, 9.17) is 14.9 Å². The Hall–Kier alpha value is -2.97. The zero-order chi connectivity index (χ0) is 19.0. The van der Waals surface area contributed by atoms with Crippen LogP contribution in [0.15, 0.2) is 57.3 Å². The van der Waals surface area contributed by atoms with Crippen molar-refractivity contribution >= 4 is 46.0 Å². The van der Waals surface area contributed by atoms with Crippen LogP contribution in [0.2, 0.25) is 0 Å². The number of carboxylic acid groups (broad SMARTS) is 1. The number of carboxylic acids is 1. The van der Waals surface area contributed by atoms with Crippen molar-refractivity contribution in [3.05, 3.63) is 69.2 Å². The van der Waals surface area contributed by atoms with E-state index >= 15 is 0 Å². The molecule has 2 N–H and O–H groups in total. The third-order valence-corrected chi connectivity index (χ3v) is 5.84. The molecule has 1 fully saturated rings. The number of nitrogens with one attached hydrogen (secondary N) is 1. The van der Waals surface area contributed by atoms with Crippen LogP contribution in [-0.2, 0) is 4.79 Å². The minimum absolute atomic E-state index is 0.149. The number of nitrogens with zero attached hydrogens (tertiary/aromatic N) is 1. The Morgan fingerprint density at radius 2 is 2.00 bits per heavy atom. The summed E-state index contributed by atoms with van der Waals surface area (Å²) in [5, 5.41) is 19.7. The summed E-state index contributed by atoms with van der Waals surface area (Å²) in [6.07, 6.45) is 3.26. The van der Waals surface area contributed by atoms with E-state index in [1.54, 1.807) is 41.9 Å². The Labute approximate surface area is 162 Å². The average Bonchev–Trinajstić information content (AvgIpc) is 3.38. The van der Waals surface area contributed by atoms with Crippen molar-refractivity contribution in [3.8, 4) is 11.3 Å². The van der Waals surface area contributed by atoms with Crippen molar-refractivity contribution in [2.45, 2.75) is 5.92 Å². The van der Waals surface area contributed by atoms with Crippen LogP contribution >= 0.6 is 23.1 Å². The van der Waals surface area contributed by atoms with Gasteiger partial charge in [0.05, 0.1) is 15.5 Å². The number of aromatic nitrogens is 1. The molecule has 3 heterocycles. The number of rotatable bonds is 4. The molecule has 0 aliphatic carbocycles. The first-order chi connectivity index (χ1) is 13.0. The van der Waals surface area contributed by atoms with E-state index in [1.807, 2.05) is 0 Å². The molecule has 0 radical (unpaired) electrons. The highest BCUT2D eigenvalue weighted by Crippen LogP contribution is 2.41. The molecular formula is C19H12N2O4S2. The van der Waals surface area contributed by atoms with E-state index in [2.05, 4.69) is 4.98 Å². The molecule has 27 heavy (non-hydrogen) atoms. The molecule has 1 aliphatic rings. The number of carbonyl (C=O) groups is 2. The molecule has 1 aromatic carbocycles. The lowest BCUT2D eigenvalue weighted by molar-refractivity contribution is -0.114. The number of Topliss-reactive ketones (excluding diaryl/α,β-unsaturated/α-hetero) is 1. The van der Waals surface area contributed by atoms with Gasteiger partial charge < -0.3 is 9.52 Å². The van der Waals surface area contributed by atoms with Gasteiger partial charge >= 0.3 is 5.97 Å². The van der Waals surface area contributed by atoms with Crippen LogP contribution in [0.4, 0.5) is 0 Å². The largest absolute Gasteiger partial charge is 0.478 e. The highest BCUT2D eigenvalue weighted by Gasteiger charge is 2.38. The summed E-state index contributed by atoms with van der Waals surface area (Å²) in [6, 6.07) is 9.85. The lowest BCUT2D eigenvalue weighted by Crippen LogP contribution is -2.11. The fraction of sp³-hybridized carbons (Fsp3) is 0.0526. The van der Waals surface area contributed by atoms with Gasteiger partial charge in [-0.1, -0.05) is 23.9 Å². The molecule has 0 spiro atoms. The van der Waals surface area contributed by atoms with Crippen molar-refractivity contribution < 1.29 is 19.1 Å². The van der Waals surface area contributed by atoms with Gasteiger partial charge in [0.25, 0.3) is 0 Å². The predicted octanol–water partition coefficient (Wildman–Crippen LogP) is 4.52. The van der Waals surface area contributed by atoms with E-state index in [-0.39, 0.29) is 16.4 Å². The van der Waals surface area contributed by atoms with E-state index in [0.717, 1.165) is 17.3 Å². The highest BCUT2D eigenvalue weighted by molar-refractivity contribution is 8.19. The van der Waals surface area contributed by atoms with Gasteiger partial charge in [-0.2, -0.15) is 0 Å². The van der Waals surface area contributed by atoms with Gasteiger partial charge in [0, 0.05) is 17.1 Å². The molecule has 1 saturated heterocycles. The fourth-order valence-corrected chi connectivity index (χ4v) is 4.47. The second kappa shape index (κ2) is 6.98. The van der Waals surface area contributed by atoms with Gasteiger partial charge in [-0.15, -0.1) is 11.3 Å². The number of thiazole rings is 1. The zero-order valence-corrected chi connectivity index (χ0v) is 15.3. The number of aromatic carboxylic acids is 1. The summed E-state index contributed by atoms with van der Waals surface area (Å²) in [5.74, 6) is -0.695. The molecule has 1 aliphatic heterocycles. The maximum atomic E-state index is 12.6. The summed E-state index contributed by atoms with van der Waals surface area (Å²) in [7, 11) is 0. The Balaban J connectivity index is 1.58. The molecule has 4 rings (SSSR count). The number of allylic oxidation sites excluding steroid dienone is 1. The first kappa shape index (κ1) is 17.4. The van der Waals surface area contributed by atoms with Crippen LogP contribution < -0.4 is 0 Å². The third kappa shape index (κ3) is 3.36. The normalized spacial score (nSPS) is 18.4. The number of furan rings is 1. The molecule has 1 unspecified atom stereocenters. The van der Waals surface area contributed by atoms with E-state index in [9.17, 15) is 9.59 Å². The van der Waals surface area contributed by atoms with E-state index < -0.39 is 11.9 Å². The van der Waals surface area contributed by atoms with Gasteiger partial charge in [0.15, 0.2) is 5.78 Å². The van der Waals surface area contributed by atoms with Crippen molar-refractivity contribution in [1.29, 1.82) is 5.41 Å². The Morgan fingerprint density at radius 3 is 2.67 bits per heavy atom. The van der Waals surface area contributed by atoms with Crippen LogP contribution in [0.1, 0.15) is 27.0 Å². The van der Waals surface area contributed by atoms with Crippen molar-refractivity contribution in [2.75, 3.05) is 0 Å². The maximum Gasteiger partial charge on any atom is 0.335 e. The molecule has 0 saturated carbocycles. The highest BCUT2D eigenvalue weighted by atomic mass is 32.2. The average molecular weight is 396 g/mol. The Morgan fingerprint density at radius 1 is 1.22 bits per heavy atom. The second-order valence-corrected chi connectivity index (χ2v) is 7.74. The van der Waals surface area contributed by atoms with Gasteiger partial charge in [0.2, 0.25) is 0 Å². The first-order valence-electron chi connectivity index (χ1n) is 7.88. The lowest BCUT2D eigenvalue weighted by atomic mass is 10.1. The summed E-state index contributed by atoms with van der Waals surface area (Å²) < 4.78 is 5.77. The summed E-state index contributed by atoms with van der Waals surface area (Å²) in [5.41, 5.74) is 0.941. The second-order valence-electron chi connectivity index (χ2n) is 5.73. The van der Waals surface area contributed by atoms with Gasteiger partial charge in [0.1, 0.15) is 22.4 Å². The van der Waals surface area contributed by atoms with Gasteiger partial charge in [-0.05, 0) is 30.3 Å². The number of ketones is 1. The molecule has 0 bridgehead atoms. The smallest absolute Gasteiger partial charge is 0.335 e. The molecule has 2 aromatic heterocycles. The zero-order valence-electron chi connectivity index (χ0n) is 13.7. The van der Waals surface area contributed by atoms with E-state index in [1.165, 1.54) is 23.5 Å². The first-order valence-corrected chi connectivity index (χ1v) is 9.57. The minimum Gasteiger partial charge on any atom is -0.478 e.